The van der Waals surface area contributed by atoms with Crippen molar-refractivity contribution in [1.29, 1.82) is 0 Å². The van der Waals surface area contributed by atoms with Crippen LogP contribution in [-0.4, -0.2) is 16.9 Å². The lowest BCUT2D eigenvalue weighted by molar-refractivity contribution is -0.117. The van der Waals surface area contributed by atoms with E-state index in [1.165, 1.54) is 6.26 Å². The predicted octanol–water partition coefficient (Wildman–Crippen LogP) is 0.659. The Morgan fingerprint density at radius 1 is 1.85 bits per heavy atom. The summed E-state index contributed by atoms with van der Waals surface area (Å²) in [4.78, 5) is 15.1. The molecule has 1 aromatic heterocycles. The summed E-state index contributed by atoms with van der Waals surface area (Å²) in [6, 6.07) is -0.307. The number of nitrogens with two attached hydrogens (primary N) is 1. The standard InChI is InChI=1S/C8H13N3O2/c1-3-6(9)7(12)11-8-10-5(2)4-13-8/h4,6H,3,9H2,1-2H3,(H,10,11,12)/t6-/m1/s1. The number of carbonyl (C=O) groups excluding carboxylic acids is 1. The fourth-order valence-corrected chi connectivity index (χ4v) is 0.795. The van der Waals surface area contributed by atoms with E-state index < -0.39 is 6.04 Å². The highest BCUT2D eigenvalue weighted by atomic mass is 16.4. The highest BCUT2D eigenvalue weighted by Crippen LogP contribution is 2.06. The molecule has 0 fully saturated rings. The van der Waals surface area contributed by atoms with Crippen LogP contribution in [-0.2, 0) is 4.79 Å². The van der Waals surface area contributed by atoms with E-state index in [4.69, 9.17) is 10.2 Å². The molecule has 0 radical (unpaired) electrons. The summed E-state index contributed by atoms with van der Waals surface area (Å²) < 4.78 is 4.93. The zero-order chi connectivity index (χ0) is 9.84. The molecule has 1 amide bonds. The lowest BCUT2D eigenvalue weighted by atomic mass is 10.2. The van der Waals surface area contributed by atoms with Crippen LogP contribution in [0.4, 0.5) is 6.01 Å². The Morgan fingerprint density at radius 2 is 2.54 bits per heavy atom. The number of carbonyl (C=O) groups is 1. The van der Waals surface area contributed by atoms with Crippen molar-refractivity contribution in [1.82, 2.24) is 4.98 Å². The first-order valence-electron chi connectivity index (χ1n) is 4.12. The average Bonchev–Trinajstić information content (AvgIpc) is 2.49. The zero-order valence-electron chi connectivity index (χ0n) is 7.70. The minimum Gasteiger partial charge on any atom is -0.432 e. The number of rotatable bonds is 3. The van der Waals surface area contributed by atoms with E-state index in [1.54, 1.807) is 6.92 Å². The van der Waals surface area contributed by atoms with E-state index in [-0.39, 0.29) is 11.9 Å². The van der Waals surface area contributed by atoms with Gasteiger partial charge >= 0.3 is 6.01 Å². The molecule has 1 rings (SSSR count). The van der Waals surface area contributed by atoms with Crippen molar-refractivity contribution in [2.24, 2.45) is 5.73 Å². The minimum atomic E-state index is -0.507. The summed E-state index contributed by atoms with van der Waals surface area (Å²) in [7, 11) is 0. The minimum absolute atomic E-state index is 0.200. The number of amides is 1. The summed E-state index contributed by atoms with van der Waals surface area (Å²) in [6.07, 6.45) is 2.05. The summed E-state index contributed by atoms with van der Waals surface area (Å²) in [5.74, 6) is -0.274. The second-order valence-electron chi connectivity index (χ2n) is 2.80. The Bertz CT molecular complexity index is 295. The molecule has 5 heteroatoms. The van der Waals surface area contributed by atoms with E-state index in [0.717, 1.165) is 5.69 Å². The molecule has 0 spiro atoms. The van der Waals surface area contributed by atoms with Gasteiger partial charge in [0.25, 0.3) is 0 Å². The number of hydrogen-bond donors (Lipinski definition) is 2. The van der Waals surface area contributed by atoms with Crippen LogP contribution in [0.25, 0.3) is 0 Å². The Hall–Kier alpha value is -1.36. The lowest BCUT2D eigenvalue weighted by Crippen LogP contribution is -2.34. The SMILES string of the molecule is CC[C@@H](N)C(=O)Nc1nc(C)co1. The van der Waals surface area contributed by atoms with E-state index in [9.17, 15) is 4.79 Å². The Balaban J connectivity index is 2.54. The fraction of sp³-hybridized carbons (Fsp3) is 0.500. The third-order valence-electron chi connectivity index (χ3n) is 1.63. The first-order valence-corrected chi connectivity index (χ1v) is 4.12. The van der Waals surface area contributed by atoms with Gasteiger partial charge in [-0.1, -0.05) is 6.92 Å². The Kier molecular flexibility index (Phi) is 3.02. The molecule has 5 nitrogen and oxygen atoms in total. The third-order valence-corrected chi connectivity index (χ3v) is 1.63. The molecule has 0 bridgehead atoms. The number of anilines is 1. The molecule has 0 saturated heterocycles. The predicted molar refractivity (Wildman–Crippen MR) is 48.1 cm³/mol. The van der Waals surface area contributed by atoms with E-state index in [2.05, 4.69) is 10.3 Å². The molecule has 3 N–H and O–H groups in total. The molecule has 0 aliphatic carbocycles. The molecule has 1 aromatic rings. The fourth-order valence-electron chi connectivity index (χ4n) is 0.795. The highest BCUT2D eigenvalue weighted by molar-refractivity contribution is 5.92. The van der Waals surface area contributed by atoms with Crippen molar-refractivity contribution in [3.05, 3.63) is 12.0 Å². The van der Waals surface area contributed by atoms with Crippen molar-refractivity contribution in [3.63, 3.8) is 0 Å². The van der Waals surface area contributed by atoms with Gasteiger partial charge in [0.15, 0.2) is 0 Å². The molecular weight excluding hydrogens is 170 g/mol. The molecule has 0 unspecified atom stereocenters. The zero-order valence-corrected chi connectivity index (χ0v) is 7.70. The average molecular weight is 183 g/mol. The van der Waals surface area contributed by atoms with Crippen LogP contribution < -0.4 is 11.1 Å². The maximum atomic E-state index is 11.2. The first kappa shape index (κ1) is 9.73. The second-order valence-corrected chi connectivity index (χ2v) is 2.80. The Morgan fingerprint density at radius 3 is 3.00 bits per heavy atom. The van der Waals surface area contributed by atoms with Gasteiger partial charge in [-0.05, 0) is 13.3 Å². The Labute approximate surface area is 76.3 Å². The number of nitrogens with zero attached hydrogens (tertiary/aromatic N) is 1. The number of aryl methyl sites for hydroxylation is 1. The number of nitrogens with one attached hydrogen (secondary N) is 1. The highest BCUT2D eigenvalue weighted by Gasteiger charge is 2.12. The topological polar surface area (TPSA) is 81.2 Å². The summed E-state index contributed by atoms with van der Waals surface area (Å²) >= 11 is 0. The smallest absolute Gasteiger partial charge is 0.301 e. The third kappa shape index (κ3) is 2.55. The van der Waals surface area contributed by atoms with Gasteiger partial charge in [0.05, 0.1) is 11.7 Å². The van der Waals surface area contributed by atoms with Crippen molar-refractivity contribution in [2.75, 3.05) is 5.32 Å². The molecule has 0 aliphatic heterocycles. The maximum Gasteiger partial charge on any atom is 0.301 e. The lowest BCUT2D eigenvalue weighted by Gasteiger charge is -2.05. The quantitative estimate of drug-likeness (QED) is 0.721. The summed E-state index contributed by atoms with van der Waals surface area (Å²) in [6.45, 7) is 3.62. The first-order chi connectivity index (χ1) is 6.13. The number of aromatic nitrogens is 1. The van der Waals surface area contributed by atoms with Gasteiger partial charge in [-0.3, -0.25) is 10.1 Å². The van der Waals surface area contributed by atoms with Crippen molar-refractivity contribution in [3.8, 4) is 0 Å². The van der Waals surface area contributed by atoms with E-state index >= 15 is 0 Å². The van der Waals surface area contributed by atoms with Gasteiger partial charge in [0.2, 0.25) is 5.91 Å². The van der Waals surface area contributed by atoms with Gasteiger partial charge < -0.3 is 10.2 Å². The van der Waals surface area contributed by atoms with Crippen LogP contribution in [0.5, 0.6) is 0 Å². The monoisotopic (exact) mass is 183 g/mol. The van der Waals surface area contributed by atoms with Gasteiger partial charge in [-0.2, -0.15) is 4.98 Å². The normalized spacial score (nSPS) is 12.5. The maximum absolute atomic E-state index is 11.2. The largest absolute Gasteiger partial charge is 0.432 e. The van der Waals surface area contributed by atoms with Crippen molar-refractivity contribution in [2.45, 2.75) is 26.3 Å². The number of oxazole rings is 1. The molecule has 0 aliphatic rings. The van der Waals surface area contributed by atoms with Gasteiger partial charge in [0, 0.05) is 0 Å². The van der Waals surface area contributed by atoms with Crippen LogP contribution >= 0.6 is 0 Å². The summed E-state index contributed by atoms with van der Waals surface area (Å²) in [5, 5.41) is 2.47. The number of hydrogen-bond acceptors (Lipinski definition) is 4. The van der Waals surface area contributed by atoms with Crippen LogP contribution in [0, 0.1) is 6.92 Å². The van der Waals surface area contributed by atoms with Crippen LogP contribution in [0.3, 0.4) is 0 Å². The van der Waals surface area contributed by atoms with Crippen LogP contribution in [0.15, 0.2) is 10.7 Å². The molecule has 13 heavy (non-hydrogen) atoms. The van der Waals surface area contributed by atoms with Crippen molar-refractivity contribution < 1.29 is 9.21 Å². The molecule has 0 saturated carbocycles. The summed E-state index contributed by atoms with van der Waals surface area (Å²) in [5.41, 5.74) is 6.21. The van der Waals surface area contributed by atoms with Crippen molar-refractivity contribution >= 4 is 11.9 Å². The van der Waals surface area contributed by atoms with Crippen LogP contribution in [0.1, 0.15) is 19.0 Å². The van der Waals surface area contributed by atoms with Gasteiger partial charge in [0.1, 0.15) is 6.26 Å². The van der Waals surface area contributed by atoms with Gasteiger partial charge in [-0.15, -0.1) is 0 Å². The molecule has 0 aromatic carbocycles. The molecule has 1 heterocycles. The van der Waals surface area contributed by atoms with Crippen LogP contribution in [0.2, 0.25) is 0 Å². The second kappa shape index (κ2) is 4.04. The van der Waals surface area contributed by atoms with Gasteiger partial charge in [-0.25, -0.2) is 0 Å². The van der Waals surface area contributed by atoms with E-state index in [1.807, 2.05) is 6.92 Å². The molecule has 1 atom stereocenters. The molecular formula is C8H13N3O2. The van der Waals surface area contributed by atoms with E-state index in [0.29, 0.717) is 6.42 Å². The molecule has 72 valence electrons.